The van der Waals surface area contributed by atoms with Crippen LogP contribution in [-0.2, 0) is 11.2 Å². The van der Waals surface area contributed by atoms with Crippen molar-refractivity contribution < 1.29 is 14.7 Å². The van der Waals surface area contributed by atoms with E-state index < -0.39 is 17.9 Å². The van der Waals surface area contributed by atoms with Gasteiger partial charge in [0.2, 0.25) is 0 Å². The van der Waals surface area contributed by atoms with Gasteiger partial charge in [0.1, 0.15) is 6.04 Å². The third-order valence-electron chi connectivity index (χ3n) is 3.95. The predicted molar refractivity (Wildman–Crippen MR) is 95.5 cm³/mol. The molecule has 0 aliphatic carbocycles. The molecule has 2 aromatic carbocycles. The molecule has 1 amide bonds. The molecule has 0 unspecified atom stereocenters. The summed E-state index contributed by atoms with van der Waals surface area (Å²) in [6.07, 6.45) is 1.50. The van der Waals surface area contributed by atoms with Crippen molar-refractivity contribution >= 4 is 22.8 Å². The number of carboxylic acid groups (broad SMARTS) is 1. The number of carboxylic acids is 1. The van der Waals surface area contributed by atoms with Crippen molar-refractivity contribution in [3.05, 3.63) is 77.5 Å². The Balaban J connectivity index is 1.79. The highest BCUT2D eigenvalue weighted by molar-refractivity contribution is 5.99. The minimum absolute atomic E-state index is 0.0810. The molecule has 0 fully saturated rings. The minimum atomic E-state index is -1.14. The van der Waals surface area contributed by atoms with Gasteiger partial charge in [-0.3, -0.25) is 9.78 Å². The normalized spacial score (nSPS) is 11.5. The van der Waals surface area contributed by atoms with Crippen molar-refractivity contribution in [2.24, 2.45) is 0 Å². The third kappa shape index (κ3) is 3.84. The number of aliphatic carboxylic acids is 1. The standard InChI is InChI=1S/C20H15N3O3/c21-11-14-5-3-4-13(8-14)9-18(20(25)26)23-19(24)16-10-15-6-1-2-7-17(15)22-12-16/h1-8,10,12,18H,9H2,(H,23,24)(H,25,26)/t18-/m1/s1. The molecule has 3 aromatic rings. The van der Waals surface area contributed by atoms with E-state index in [4.69, 9.17) is 5.26 Å². The van der Waals surface area contributed by atoms with Crippen LogP contribution in [0.4, 0.5) is 0 Å². The van der Waals surface area contributed by atoms with Crippen LogP contribution in [0.25, 0.3) is 10.9 Å². The number of carbonyl (C=O) groups excluding carboxylic acids is 1. The number of nitrogens with one attached hydrogen (secondary N) is 1. The number of benzene rings is 2. The Kier molecular flexibility index (Phi) is 4.90. The van der Waals surface area contributed by atoms with Crippen molar-refractivity contribution in [2.45, 2.75) is 12.5 Å². The number of fused-ring (bicyclic) bond motifs is 1. The summed E-state index contributed by atoms with van der Waals surface area (Å²) < 4.78 is 0. The number of hydrogen-bond donors (Lipinski definition) is 2. The molecular weight excluding hydrogens is 330 g/mol. The Morgan fingerprint density at radius 2 is 1.96 bits per heavy atom. The number of para-hydroxylation sites is 1. The van der Waals surface area contributed by atoms with E-state index in [0.29, 0.717) is 16.7 Å². The molecule has 0 saturated carbocycles. The molecule has 0 saturated heterocycles. The van der Waals surface area contributed by atoms with Gasteiger partial charge in [-0.15, -0.1) is 0 Å². The second-order valence-electron chi connectivity index (χ2n) is 5.80. The number of amides is 1. The molecule has 0 bridgehead atoms. The quantitative estimate of drug-likeness (QED) is 0.739. The van der Waals surface area contributed by atoms with E-state index in [-0.39, 0.29) is 6.42 Å². The Morgan fingerprint density at radius 3 is 2.73 bits per heavy atom. The first-order chi connectivity index (χ1) is 12.6. The van der Waals surface area contributed by atoms with Crippen molar-refractivity contribution in [2.75, 3.05) is 0 Å². The van der Waals surface area contributed by atoms with Gasteiger partial charge in [0.05, 0.1) is 22.7 Å². The monoisotopic (exact) mass is 345 g/mol. The number of hydrogen-bond acceptors (Lipinski definition) is 4. The highest BCUT2D eigenvalue weighted by atomic mass is 16.4. The molecular formula is C20H15N3O3. The fourth-order valence-electron chi connectivity index (χ4n) is 2.64. The van der Waals surface area contributed by atoms with Crippen LogP contribution in [0.15, 0.2) is 60.8 Å². The maximum atomic E-state index is 12.4. The molecule has 6 heteroatoms. The van der Waals surface area contributed by atoms with Gasteiger partial charge in [-0.25, -0.2) is 4.79 Å². The Bertz CT molecular complexity index is 1020. The smallest absolute Gasteiger partial charge is 0.326 e. The predicted octanol–water partition coefficient (Wildman–Crippen LogP) is 2.53. The molecule has 1 atom stereocenters. The average Bonchev–Trinajstić information content (AvgIpc) is 2.67. The molecule has 1 aromatic heterocycles. The molecule has 1 heterocycles. The summed E-state index contributed by atoms with van der Waals surface area (Å²) >= 11 is 0. The minimum Gasteiger partial charge on any atom is -0.480 e. The first-order valence-corrected chi connectivity index (χ1v) is 7.94. The number of nitrogens with zero attached hydrogens (tertiary/aromatic N) is 2. The van der Waals surface area contributed by atoms with Crippen molar-refractivity contribution in [1.29, 1.82) is 5.26 Å². The van der Waals surface area contributed by atoms with Crippen molar-refractivity contribution in [3.63, 3.8) is 0 Å². The zero-order valence-corrected chi connectivity index (χ0v) is 13.7. The van der Waals surface area contributed by atoms with Crippen LogP contribution in [0.1, 0.15) is 21.5 Å². The summed E-state index contributed by atoms with van der Waals surface area (Å²) in [7, 11) is 0. The van der Waals surface area contributed by atoms with E-state index in [2.05, 4.69) is 10.3 Å². The van der Waals surface area contributed by atoms with Crippen LogP contribution in [0, 0.1) is 11.3 Å². The lowest BCUT2D eigenvalue weighted by molar-refractivity contribution is -0.139. The van der Waals surface area contributed by atoms with E-state index in [1.54, 1.807) is 30.3 Å². The van der Waals surface area contributed by atoms with Gasteiger partial charge in [0.25, 0.3) is 5.91 Å². The van der Waals surface area contributed by atoms with Gasteiger partial charge in [-0.05, 0) is 29.8 Å². The second-order valence-corrected chi connectivity index (χ2v) is 5.80. The fourth-order valence-corrected chi connectivity index (χ4v) is 2.64. The number of carbonyl (C=O) groups is 2. The molecule has 26 heavy (non-hydrogen) atoms. The molecule has 0 spiro atoms. The number of nitriles is 1. The number of rotatable bonds is 5. The Labute approximate surface area is 149 Å². The van der Waals surface area contributed by atoms with Gasteiger partial charge >= 0.3 is 5.97 Å². The molecule has 128 valence electrons. The molecule has 0 aliphatic rings. The summed E-state index contributed by atoms with van der Waals surface area (Å²) in [5.41, 5.74) is 2.15. The third-order valence-corrected chi connectivity index (χ3v) is 3.95. The summed E-state index contributed by atoms with van der Waals surface area (Å²) in [5.74, 6) is -1.65. The zero-order chi connectivity index (χ0) is 18.5. The van der Waals surface area contributed by atoms with E-state index in [1.165, 1.54) is 6.20 Å². The first-order valence-electron chi connectivity index (χ1n) is 7.94. The van der Waals surface area contributed by atoms with E-state index in [0.717, 1.165) is 10.9 Å². The summed E-state index contributed by atoms with van der Waals surface area (Å²) in [4.78, 5) is 28.2. The lowest BCUT2D eigenvalue weighted by Gasteiger charge is -2.15. The van der Waals surface area contributed by atoms with Crippen molar-refractivity contribution in [3.8, 4) is 6.07 Å². The Hall–Kier alpha value is -3.72. The molecule has 6 nitrogen and oxygen atoms in total. The summed E-state index contributed by atoms with van der Waals surface area (Å²) in [6, 6.07) is 16.6. The maximum Gasteiger partial charge on any atom is 0.326 e. The van der Waals surface area contributed by atoms with Crippen LogP contribution in [0.5, 0.6) is 0 Å². The molecule has 2 N–H and O–H groups in total. The van der Waals surface area contributed by atoms with E-state index in [1.807, 2.05) is 30.3 Å². The number of aromatic nitrogens is 1. The summed E-state index contributed by atoms with van der Waals surface area (Å²) in [6.45, 7) is 0. The van der Waals surface area contributed by atoms with Gasteiger partial charge in [-0.2, -0.15) is 5.26 Å². The maximum absolute atomic E-state index is 12.4. The molecule has 0 radical (unpaired) electrons. The van der Waals surface area contributed by atoms with Crippen LogP contribution >= 0.6 is 0 Å². The largest absolute Gasteiger partial charge is 0.480 e. The molecule has 3 rings (SSSR count). The van der Waals surface area contributed by atoms with Gasteiger partial charge in [-0.1, -0.05) is 30.3 Å². The van der Waals surface area contributed by atoms with Crippen LogP contribution in [0.3, 0.4) is 0 Å². The van der Waals surface area contributed by atoms with Crippen LogP contribution in [0.2, 0.25) is 0 Å². The second kappa shape index (κ2) is 7.45. The highest BCUT2D eigenvalue weighted by Gasteiger charge is 2.21. The SMILES string of the molecule is N#Cc1cccc(C[C@@H](NC(=O)c2cnc3ccccc3c2)C(=O)O)c1. The summed E-state index contributed by atoms with van der Waals surface area (Å²) in [5, 5.41) is 21.7. The van der Waals surface area contributed by atoms with Gasteiger partial charge < -0.3 is 10.4 Å². The fraction of sp³-hybridized carbons (Fsp3) is 0.100. The van der Waals surface area contributed by atoms with Crippen LogP contribution in [-0.4, -0.2) is 28.0 Å². The van der Waals surface area contributed by atoms with Crippen molar-refractivity contribution in [1.82, 2.24) is 10.3 Å². The molecule has 0 aliphatic heterocycles. The van der Waals surface area contributed by atoms with Gasteiger partial charge in [0, 0.05) is 18.0 Å². The Morgan fingerprint density at radius 1 is 1.15 bits per heavy atom. The highest BCUT2D eigenvalue weighted by Crippen LogP contribution is 2.13. The van der Waals surface area contributed by atoms with E-state index >= 15 is 0 Å². The lowest BCUT2D eigenvalue weighted by atomic mass is 10.0. The van der Waals surface area contributed by atoms with Crippen LogP contribution < -0.4 is 5.32 Å². The van der Waals surface area contributed by atoms with E-state index in [9.17, 15) is 14.7 Å². The average molecular weight is 345 g/mol. The van der Waals surface area contributed by atoms with Gasteiger partial charge in [0.15, 0.2) is 0 Å². The lowest BCUT2D eigenvalue weighted by Crippen LogP contribution is -2.42. The zero-order valence-electron chi connectivity index (χ0n) is 13.7. The topological polar surface area (TPSA) is 103 Å². The first kappa shape index (κ1) is 17.1. The number of pyridine rings is 1.